The number of carbonyl (C=O) groups is 1. The summed E-state index contributed by atoms with van der Waals surface area (Å²) in [5.74, 6) is -0.387. The van der Waals surface area contributed by atoms with Crippen LogP contribution in [-0.4, -0.2) is 17.7 Å². The molecule has 0 aromatic heterocycles. The number of benzene rings is 2. The van der Waals surface area contributed by atoms with Crippen molar-refractivity contribution < 1.29 is 14.6 Å². The molecule has 2 aromatic carbocycles. The highest BCUT2D eigenvalue weighted by Crippen LogP contribution is 2.24. The van der Waals surface area contributed by atoms with Gasteiger partial charge in [0.05, 0.1) is 12.2 Å². The van der Waals surface area contributed by atoms with E-state index >= 15 is 0 Å². The van der Waals surface area contributed by atoms with E-state index in [1.807, 2.05) is 36.4 Å². The Bertz CT molecular complexity index is 600. The second-order valence-electron chi connectivity index (χ2n) is 5.46. The van der Waals surface area contributed by atoms with Crippen molar-refractivity contribution in [2.45, 2.75) is 20.5 Å². The van der Waals surface area contributed by atoms with Gasteiger partial charge in [-0.3, -0.25) is 0 Å². The monoisotopic (exact) mass is 284 g/mol. The molecule has 3 nitrogen and oxygen atoms in total. The zero-order valence-electron chi connectivity index (χ0n) is 12.4. The molecular formula is C18H20O3. The Hall–Kier alpha value is -2.13. The summed E-state index contributed by atoms with van der Waals surface area (Å²) >= 11 is 0. The maximum atomic E-state index is 11.2. The van der Waals surface area contributed by atoms with Crippen LogP contribution in [0.3, 0.4) is 0 Å². The van der Waals surface area contributed by atoms with Crippen molar-refractivity contribution in [2.75, 3.05) is 6.61 Å². The molecule has 0 radical (unpaired) electrons. The lowest BCUT2D eigenvalue weighted by Crippen LogP contribution is -2.02. The van der Waals surface area contributed by atoms with Gasteiger partial charge in [0.2, 0.25) is 0 Å². The van der Waals surface area contributed by atoms with Crippen molar-refractivity contribution in [1.29, 1.82) is 0 Å². The Kier molecular flexibility index (Phi) is 5.12. The molecule has 2 aromatic rings. The molecule has 110 valence electrons. The summed E-state index contributed by atoms with van der Waals surface area (Å²) in [6.45, 7) is 5.56. The van der Waals surface area contributed by atoms with E-state index in [1.165, 1.54) is 0 Å². The average Bonchev–Trinajstić information content (AvgIpc) is 2.47. The lowest BCUT2D eigenvalue weighted by Gasteiger charge is -2.09. The summed E-state index contributed by atoms with van der Waals surface area (Å²) in [4.78, 5) is 11.2. The second-order valence-corrected chi connectivity index (χ2v) is 5.46. The number of rotatable bonds is 6. The van der Waals surface area contributed by atoms with Crippen LogP contribution in [0.25, 0.3) is 11.1 Å². The molecule has 0 saturated carbocycles. The maximum absolute atomic E-state index is 11.2. The van der Waals surface area contributed by atoms with E-state index in [-0.39, 0.29) is 0 Å². The fourth-order valence-electron chi connectivity index (χ4n) is 2.11. The van der Waals surface area contributed by atoms with Crippen LogP contribution < -0.4 is 0 Å². The predicted octanol–water partition coefficient (Wildman–Crippen LogP) is 4.22. The quantitative estimate of drug-likeness (QED) is 0.863. The first-order valence-corrected chi connectivity index (χ1v) is 7.07. The van der Waals surface area contributed by atoms with E-state index in [2.05, 4.69) is 13.8 Å². The topological polar surface area (TPSA) is 46.5 Å². The molecule has 0 aliphatic rings. The van der Waals surface area contributed by atoms with Gasteiger partial charge in [-0.05, 0) is 28.7 Å². The second kappa shape index (κ2) is 7.04. The first-order chi connectivity index (χ1) is 10.1. The van der Waals surface area contributed by atoms with Crippen molar-refractivity contribution in [3.8, 4) is 11.1 Å². The lowest BCUT2D eigenvalue weighted by atomic mass is 9.99. The third kappa shape index (κ3) is 4.17. The number of carboxylic acid groups (broad SMARTS) is 1. The van der Waals surface area contributed by atoms with Crippen LogP contribution in [0.15, 0.2) is 48.5 Å². The summed E-state index contributed by atoms with van der Waals surface area (Å²) < 4.78 is 5.59. The van der Waals surface area contributed by atoms with Crippen LogP contribution >= 0.6 is 0 Å². The predicted molar refractivity (Wildman–Crippen MR) is 83.3 cm³/mol. The first kappa shape index (κ1) is 15.3. The fraction of sp³-hybridized carbons (Fsp3) is 0.278. The molecule has 0 heterocycles. The summed E-state index contributed by atoms with van der Waals surface area (Å²) in [6.07, 6.45) is 0. The zero-order valence-corrected chi connectivity index (χ0v) is 12.4. The van der Waals surface area contributed by atoms with Gasteiger partial charge in [-0.15, -0.1) is 0 Å². The SMILES string of the molecule is CC(C)COCc1ccc(-c2ccccc2C(=O)O)cc1. The lowest BCUT2D eigenvalue weighted by molar-refractivity contribution is 0.0697. The molecule has 21 heavy (non-hydrogen) atoms. The van der Waals surface area contributed by atoms with Crippen LogP contribution in [0.1, 0.15) is 29.8 Å². The van der Waals surface area contributed by atoms with Crippen molar-refractivity contribution >= 4 is 5.97 Å². The van der Waals surface area contributed by atoms with E-state index < -0.39 is 5.97 Å². The van der Waals surface area contributed by atoms with Gasteiger partial charge in [0.25, 0.3) is 0 Å². The van der Waals surface area contributed by atoms with Gasteiger partial charge in [0.1, 0.15) is 0 Å². The van der Waals surface area contributed by atoms with E-state index in [0.29, 0.717) is 18.1 Å². The van der Waals surface area contributed by atoms with Gasteiger partial charge in [-0.1, -0.05) is 56.3 Å². The molecular weight excluding hydrogens is 264 g/mol. The minimum atomic E-state index is -0.907. The van der Waals surface area contributed by atoms with Gasteiger partial charge >= 0.3 is 5.97 Å². The van der Waals surface area contributed by atoms with Gasteiger partial charge in [0, 0.05) is 6.61 Å². The van der Waals surface area contributed by atoms with Crippen LogP contribution in [0.4, 0.5) is 0 Å². The molecule has 0 unspecified atom stereocenters. The Labute approximate surface area is 125 Å². The Morgan fingerprint density at radius 2 is 1.76 bits per heavy atom. The molecule has 2 rings (SSSR count). The number of hydrogen-bond acceptors (Lipinski definition) is 2. The highest BCUT2D eigenvalue weighted by Gasteiger charge is 2.10. The third-order valence-corrected chi connectivity index (χ3v) is 3.14. The van der Waals surface area contributed by atoms with Crippen molar-refractivity contribution in [3.63, 3.8) is 0 Å². The number of hydrogen-bond donors (Lipinski definition) is 1. The van der Waals surface area contributed by atoms with Crippen molar-refractivity contribution in [2.24, 2.45) is 5.92 Å². The Balaban J connectivity index is 2.14. The molecule has 0 fully saturated rings. The highest BCUT2D eigenvalue weighted by molar-refractivity contribution is 5.95. The number of carboxylic acids is 1. The van der Waals surface area contributed by atoms with Gasteiger partial charge in [-0.2, -0.15) is 0 Å². The maximum Gasteiger partial charge on any atom is 0.336 e. The molecule has 0 atom stereocenters. The molecule has 0 aliphatic heterocycles. The average molecular weight is 284 g/mol. The van der Waals surface area contributed by atoms with Crippen molar-refractivity contribution in [1.82, 2.24) is 0 Å². The summed E-state index contributed by atoms with van der Waals surface area (Å²) in [6, 6.07) is 14.9. The van der Waals surface area contributed by atoms with E-state index in [1.54, 1.807) is 12.1 Å². The third-order valence-electron chi connectivity index (χ3n) is 3.14. The zero-order chi connectivity index (χ0) is 15.2. The normalized spacial score (nSPS) is 10.8. The molecule has 3 heteroatoms. The van der Waals surface area contributed by atoms with Gasteiger partial charge in [-0.25, -0.2) is 4.79 Å². The Morgan fingerprint density at radius 3 is 2.38 bits per heavy atom. The van der Waals surface area contributed by atoms with Crippen molar-refractivity contribution in [3.05, 3.63) is 59.7 Å². The molecule has 0 aliphatic carbocycles. The van der Waals surface area contributed by atoms with E-state index in [4.69, 9.17) is 4.74 Å². The van der Waals surface area contributed by atoms with Crippen LogP contribution in [0.2, 0.25) is 0 Å². The van der Waals surface area contributed by atoms with Gasteiger partial charge < -0.3 is 9.84 Å². The molecule has 0 saturated heterocycles. The van der Waals surface area contributed by atoms with Crippen LogP contribution in [-0.2, 0) is 11.3 Å². The first-order valence-electron chi connectivity index (χ1n) is 7.07. The highest BCUT2D eigenvalue weighted by atomic mass is 16.5. The number of aromatic carboxylic acids is 1. The molecule has 0 bridgehead atoms. The van der Waals surface area contributed by atoms with Crippen LogP contribution in [0.5, 0.6) is 0 Å². The standard InChI is InChI=1S/C18H20O3/c1-13(2)11-21-12-14-7-9-15(10-8-14)16-5-3-4-6-17(16)18(19)20/h3-10,13H,11-12H2,1-2H3,(H,19,20). The molecule has 1 N–H and O–H groups in total. The van der Waals surface area contributed by atoms with E-state index in [0.717, 1.165) is 23.3 Å². The fourth-order valence-corrected chi connectivity index (χ4v) is 2.11. The Morgan fingerprint density at radius 1 is 1.10 bits per heavy atom. The summed E-state index contributed by atoms with van der Waals surface area (Å²) in [5, 5.41) is 9.23. The summed E-state index contributed by atoms with van der Waals surface area (Å²) in [7, 11) is 0. The largest absolute Gasteiger partial charge is 0.478 e. The van der Waals surface area contributed by atoms with E-state index in [9.17, 15) is 9.90 Å². The summed E-state index contributed by atoms with van der Waals surface area (Å²) in [5.41, 5.74) is 3.05. The minimum absolute atomic E-state index is 0.321. The minimum Gasteiger partial charge on any atom is -0.478 e. The molecule has 0 spiro atoms. The molecule has 0 amide bonds. The van der Waals surface area contributed by atoms with Gasteiger partial charge in [0.15, 0.2) is 0 Å². The number of ether oxygens (including phenoxy) is 1. The smallest absolute Gasteiger partial charge is 0.336 e. The van der Waals surface area contributed by atoms with Crippen LogP contribution in [0, 0.1) is 5.92 Å².